The first-order valence-electron chi connectivity index (χ1n) is 4.16. The smallest absolute Gasteiger partial charge is 0.303 e. The fourth-order valence-electron chi connectivity index (χ4n) is 1.48. The summed E-state index contributed by atoms with van der Waals surface area (Å²) in [5.74, 6) is 0.160. The zero-order valence-electron chi connectivity index (χ0n) is 8.34. The van der Waals surface area contributed by atoms with Crippen molar-refractivity contribution in [2.75, 3.05) is 5.75 Å². The maximum absolute atomic E-state index is 11.8. The molecule has 0 saturated carbocycles. The van der Waals surface area contributed by atoms with Crippen LogP contribution in [0.1, 0.15) is 27.7 Å². The SMILES string of the molecule is CC(=O)OC1(C)CSC(C)(C)C1=O. The van der Waals surface area contributed by atoms with Crippen LogP contribution in [0.2, 0.25) is 0 Å². The Balaban J connectivity index is 2.84. The number of hydrogen-bond acceptors (Lipinski definition) is 4. The molecule has 0 aromatic carbocycles. The second kappa shape index (κ2) is 3.01. The summed E-state index contributed by atoms with van der Waals surface area (Å²) in [7, 11) is 0. The van der Waals surface area contributed by atoms with E-state index in [-0.39, 0.29) is 5.78 Å². The van der Waals surface area contributed by atoms with Crippen LogP contribution in [0.5, 0.6) is 0 Å². The minimum absolute atomic E-state index is 0.000185. The molecular formula is C9H14O3S. The Morgan fingerprint density at radius 3 is 2.31 bits per heavy atom. The van der Waals surface area contributed by atoms with E-state index in [1.807, 2.05) is 13.8 Å². The van der Waals surface area contributed by atoms with E-state index in [0.29, 0.717) is 5.75 Å². The third-order valence-electron chi connectivity index (χ3n) is 2.10. The molecule has 74 valence electrons. The molecule has 1 aliphatic rings. The highest BCUT2D eigenvalue weighted by molar-refractivity contribution is 8.02. The molecule has 3 nitrogen and oxygen atoms in total. The van der Waals surface area contributed by atoms with Crippen LogP contribution in [0.15, 0.2) is 0 Å². The van der Waals surface area contributed by atoms with Crippen molar-refractivity contribution in [3.05, 3.63) is 0 Å². The molecule has 1 saturated heterocycles. The third-order valence-corrected chi connectivity index (χ3v) is 3.71. The third kappa shape index (κ3) is 1.88. The first-order valence-corrected chi connectivity index (χ1v) is 5.15. The van der Waals surface area contributed by atoms with E-state index in [9.17, 15) is 9.59 Å². The molecule has 0 aromatic heterocycles. The van der Waals surface area contributed by atoms with Crippen LogP contribution >= 0.6 is 11.8 Å². The highest BCUT2D eigenvalue weighted by Crippen LogP contribution is 2.41. The number of thioether (sulfide) groups is 1. The average Bonchev–Trinajstić information content (AvgIpc) is 2.14. The molecule has 0 aromatic rings. The van der Waals surface area contributed by atoms with Crippen LogP contribution in [0.25, 0.3) is 0 Å². The monoisotopic (exact) mass is 202 g/mol. The van der Waals surface area contributed by atoms with Gasteiger partial charge in [0.25, 0.3) is 0 Å². The number of hydrogen-bond donors (Lipinski definition) is 0. The normalized spacial score (nSPS) is 31.8. The summed E-state index contributed by atoms with van der Waals surface area (Å²) < 4.78 is 4.61. The van der Waals surface area contributed by atoms with E-state index >= 15 is 0 Å². The Bertz CT molecular complexity index is 260. The molecule has 1 rings (SSSR count). The van der Waals surface area contributed by atoms with Crippen molar-refractivity contribution >= 4 is 23.5 Å². The maximum atomic E-state index is 11.8. The summed E-state index contributed by atoms with van der Waals surface area (Å²) in [5, 5.41) is 0. The summed E-state index contributed by atoms with van der Waals surface area (Å²) in [6.45, 7) is 6.72. The van der Waals surface area contributed by atoms with Crippen molar-refractivity contribution in [1.82, 2.24) is 0 Å². The molecule has 0 radical (unpaired) electrons. The summed E-state index contributed by atoms with van der Waals surface area (Å²) >= 11 is 1.53. The topological polar surface area (TPSA) is 43.4 Å². The Hall–Kier alpha value is -0.510. The molecule has 1 atom stereocenters. The predicted molar refractivity (Wildman–Crippen MR) is 51.7 cm³/mol. The van der Waals surface area contributed by atoms with E-state index in [4.69, 9.17) is 4.74 Å². The lowest BCUT2D eigenvalue weighted by Gasteiger charge is -2.23. The van der Waals surface area contributed by atoms with Gasteiger partial charge in [-0.2, -0.15) is 0 Å². The van der Waals surface area contributed by atoms with Crippen molar-refractivity contribution in [2.45, 2.75) is 38.0 Å². The van der Waals surface area contributed by atoms with Crippen LogP contribution in [-0.4, -0.2) is 27.9 Å². The molecule has 1 aliphatic heterocycles. The molecule has 4 heteroatoms. The largest absolute Gasteiger partial charge is 0.451 e. The molecule has 1 fully saturated rings. The van der Waals surface area contributed by atoms with E-state index < -0.39 is 16.3 Å². The molecule has 1 heterocycles. The van der Waals surface area contributed by atoms with E-state index in [1.54, 1.807) is 6.92 Å². The molecule has 0 spiro atoms. The van der Waals surface area contributed by atoms with Crippen molar-refractivity contribution in [3.8, 4) is 0 Å². The average molecular weight is 202 g/mol. The quantitative estimate of drug-likeness (QED) is 0.603. The zero-order valence-corrected chi connectivity index (χ0v) is 9.16. The highest BCUT2D eigenvalue weighted by atomic mass is 32.2. The van der Waals surface area contributed by atoms with Gasteiger partial charge in [0.1, 0.15) is 0 Å². The van der Waals surface area contributed by atoms with Gasteiger partial charge in [-0.05, 0) is 20.8 Å². The zero-order chi connectivity index (χ0) is 10.3. The van der Waals surface area contributed by atoms with E-state index in [2.05, 4.69) is 0 Å². The van der Waals surface area contributed by atoms with Crippen molar-refractivity contribution in [2.24, 2.45) is 0 Å². The first-order chi connectivity index (χ1) is 5.78. The molecule has 13 heavy (non-hydrogen) atoms. The summed E-state index contributed by atoms with van der Waals surface area (Å²) in [6.07, 6.45) is 0. The minimum atomic E-state index is -0.917. The first kappa shape index (κ1) is 10.6. The van der Waals surface area contributed by atoms with Gasteiger partial charge in [0.15, 0.2) is 11.4 Å². The summed E-state index contributed by atoms with van der Waals surface area (Å²) in [5.41, 5.74) is -0.917. The number of Topliss-reactive ketones (excluding diaryl/α,β-unsaturated/α-hetero) is 1. The summed E-state index contributed by atoms with van der Waals surface area (Å²) in [6, 6.07) is 0. The molecule has 0 N–H and O–H groups in total. The molecule has 0 bridgehead atoms. The van der Waals surface area contributed by atoms with Gasteiger partial charge in [-0.1, -0.05) is 0 Å². The number of esters is 1. The van der Waals surface area contributed by atoms with Crippen LogP contribution < -0.4 is 0 Å². The van der Waals surface area contributed by atoms with Gasteiger partial charge in [-0.15, -0.1) is 11.8 Å². The lowest BCUT2D eigenvalue weighted by molar-refractivity contribution is -0.161. The van der Waals surface area contributed by atoms with Gasteiger partial charge in [-0.3, -0.25) is 9.59 Å². The number of rotatable bonds is 1. The minimum Gasteiger partial charge on any atom is -0.451 e. The molecule has 0 amide bonds. The van der Waals surface area contributed by atoms with Gasteiger partial charge < -0.3 is 4.74 Å². The Morgan fingerprint density at radius 2 is 2.00 bits per heavy atom. The number of ether oxygens (including phenoxy) is 1. The maximum Gasteiger partial charge on any atom is 0.303 e. The molecular weight excluding hydrogens is 188 g/mol. The van der Waals surface area contributed by atoms with Crippen molar-refractivity contribution in [1.29, 1.82) is 0 Å². The van der Waals surface area contributed by atoms with Crippen molar-refractivity contribution in [3.63, 3.8) is 0 Å². The van der Waals surface area contributed by atoms with E-state index in [1.165, 1.54) is 18.7 Å². The molecule has 1 unspecified atom stereocenters. The van der Waals surface area contributed by atoms with Gasteiger partial charge >= 0.3 is 5.97 Å². The second-order valence-corrected chi connectivity index (χ2v) is 5.55. The van der Waals surface area contributed by atoms with Gasteiger partial charge in [0.05, 0.1) is 4.75 Å². The number of carbonyl (C=O) groups is 2. The lowest BCUT2D eigenvalue weighted by Crippen LogP contribution is -2.43. The molecule has 0 aliphatic carbocycles. The highest BCUT2D eigenvalue weighted by Gasteiger charge is 2.52. The fraction of sp³-hybridized carbons (Fsp3) is 0.778. The lowest BCUT2D eigenvalue weighted by atomic mass is 9.94. The fourth-order valence-corrected chi connectivity index (χ4v) is 2.65. The number of ketones is 1. The van der Waals surface area contributed by atoms with Crippen LogP contribution in [0.4, 0.5) is 0 Å². The van der Waals surface area contributed by atoms with E-state index in [0.717, 1.165) is 0 Å². The van der Waals surface area contributed by atoms with Crippen molar-refractivity contribution < 1.29 is 14.3 Å². The Labute approximate surface area is 82.2 Å². The Morgan fingerprint density at radius 1 is 1.46 bits per heavy atom. The van der Waals surface area contributed by atoms with Crippen LogP contribution in [-0.2, 0) is 14.3 Å². The second-order valence-electron chi connectivity index (χ2n) is 3.95. The Kier molecular flexibility index (Phi) is 2.45. The predicted octanol–water partition coefficient (Wildman–Crippen LogP) is 1.40. The van der Waals surface area contributed by atoms with Gasteiger partial charge in [-0.25, -0.2) is 0 Å². The van der Waals surface area contributed by atoms with Crippen LogP contribution in [0.3, 0.4) is 0 Å². The summed E-state index contributed by atoms with van der Waals surface area (Å²) in [4.78, 5) is 22.6. The van der Waals surface area contributed by atoms with Gasteiger partial charge in [0.2, 0.25) is 0 Å². The standard InChI is InChI=1S/C9H14O3S/c1-6(10)12-9(4)5-13-8(2,3)7(9)11/h5H2,1-4H3. The number of carbonyl (C=O) groups excluding carboxylic acids is 2. The van der Waals surface area contributed by atoms with Gasteiger partial charge in [0, 0.05) is 12.7 Å². The van der Waals surface area contributed by atoms with Crippen LogP contribution in [0, 0.1) is 0 Å².